The van der Waals surface area contributed by atoms with Gasteiger partial charge in [-0.1, -0.05) is 32.1 Å². The fraction of sp³-hybridized carbons (Fsp3) is 0.370. The van der Waals surface area contributed by atoms with E-state index in [1.54, 1.807) is 18.3 Å². The number of likely N-dealkylation sites (N-methyl/N-ethyl adjacent to an activating group) is 1. The molecule has 4 N–H and O–H groups in total. The number of nitrogens with one attached hydrogen (secondary N) is 4. The number of rotatable bonds is 11. The number of ether oxygens (including phenoxy) is 1. The topological polar surface area (TPSA) is 147 Å². The predicted octanol–water partition coefficient (Wildman–Crippen LogP) is 2.72. The van der Waals surface area contributed by atoms with Crippen LogP contribution in [0.15, 0.2) is 53.5 Å². The van der Waals surface area contributed by atoms with Crippen LogP contribution in [-0.4, -0.2) is 52.6 Å². The molecule has 0 radical (unpaired) electrons. The lowest BCUT2D eigenvalue weighted by Gasteiger charge is -2.17. The predicted molar refractivity (Wildman–Crippen MR) is 145 cm³/mol. The minimum atomic E-state index is -0.986. The Morgan fingerprint density at radius 1 is 1.18 bits per heavy atom. The first-order valence-corrected chi connectivity index (χ1v) is 12.4. The summed E-state index contributed by atoms with van der Waals surface area (Å²) in [6.45, 7) is 4.49. The number of fused-ring (bicyclic) bond motifs is 1. The van der Waals surface area contributed by atoms with Gasteiger partial charge in [-0.3, -0.25) is 14.4 Å². The Morgan fingerprint density at radius 2 is 1.97 bits per heavy atom. The number of nitrogens with zero attached hydrogens (tertiary/aromatic N) is 2. The Morgan fingerprint density at radius 3 is 2.68 bits per heavy atom. The number of H-pyrrole nitrogens is 1. The molecule has 0 saturated carbocycles. The molecular weight excluding hydrogens is 488 g/mol. The lowest BCUT2D eigenvalue weighted by Crippen LogP contribution is -2.44. The molecule has 0 saturated heterocycles. The molecule has 0 aliphatic heterocycles. The number of carbonyl (C=O) groups excluding carboxylic acids is 3. The summed E-state index contributed by atoms with van der Waals surface area (Å²) in [5.41, 5.74) is 2.57. The van der Waals surface area contributed by atoms with Gasteiger partial charge in [0.15, 0.2) is 0 Å². The molecule has 0 fully saturated rings. The SMILES string of the molecule is CNC(=O)C=CCCC(NC(=O)OC)C(=O)Nc1cccn(Cc2nc3c(CC(C)C)cccc3[nH]2)c1=O. The van der Waals surface area contributed by atoms with Gasteiger partial charge in [0, 0.05) is 13.2 Å². The Labute approximate surface area is 220 Å². The standard InChI is InChI=1S/C27H34N6O5/c1-17(2)15-18-9-7-11-19-24(18)32-22(29-19)16-33-14-8-12-21(26(33)36)30-25(35)20(31-27(37)38-4)10-5-6-13-23(34)28-3/h6-9,11-14,17,20H,5,10,15-16H2,1-4H3,(H,28,34)(H,29,32)(H,30,35)(H,31,37). The molecule has 1 atom stereocenters. The quantitative estimate of drug-likeness (QED) is 0.285. The minimum absolute atomic E-state index is 0.0617. The highest BCUT2D eigenvalue weighted by molar-refractivity contribution is 5.96. The Kier molecular flexibility index (Phi) is 9.80. The number of imidazole rings is 1. The molecule has 1 aromatic carbocycles. The number of pyridine rings is 1. The molecule has 0 bridgehead atoms. The number of amides is 3. The smallest absolute Gasteiger partial charge is 0.407 e. The van der Waals surface area contributed by atoms with E-state index in [1.807, 2.05) is 12.1 Å². The van der Waals surface area contributed by atoms with Crippen LogP contribution in [0.2, 0.25) is 0 Å². The van der Waals surface area contributed by atoms with E-state index >= 15 is 0 Å². The molecule has 2 heterocycles. The number of aromatic amines is 1. The number of hydrogen-bond acceptors (Lipinski definition) is 6. The van der Waals surface area contributed by atoms with E-state index in [4.69, 9.17) is 4.98 Å². The lowest BCUT2D eigenvalue weighted by molar-refractivity contribution is -0.118. The van der Waals surface area contributed by atoms with E-state index < -0.39 is 23.6 Å². The van der Waals surface area contributed by atoms with Crippen LogP contribution in [0.25, 0.3) is 11.0 Å². The van der Waals surface area contributed by atoms with Crippen molar-refractivity contribution in [3.05, 3.63) is 70.4 Å². The van der Waals surface area contributed by atoms with Crippen LogP contribution in [0.1, 0.15) is 38.1 Å². The van der Waals surface area contributed by atoms with Crippen molar-refractivity contribution in [2.24, 2.45) is 5.92 Å². The summed E-state index contributed by atoms with van der Waals surface area (Å²) in [7, 11) is 2.70. The third kappa shape index (κ3) is 7.55. The van der Waals surface area contributed by atoms with Crippen molar-refractivity contribution >= 4 is 34.6 Å². The maximum Gasteiger partial charge on any atom is 0.407 e. The van der Waals surface area contributed by atoms with Gasteiger partial charge in [-0.15, -0.1) is 0 Å². The van der Waals surface area contributed by atoms with Gasteiger partial charge in [0.05, 0.1) is 24.7 Å². The van der Waals surface area contributed by atoms with Crippen molar-refractivity contribution in [1.29, 1.82) is 0 Å². The number of anilines is 1. The first kappa shape index (κ1) is 28.2. The Bertz CT molecular complexity index is 1370. The summed E-state index contributed by atoms with van der Waals surface area (Å²) in [6, 6.07) is 8.16. The van der Waals surface area contributed by atoms with Crippen molar-refractivity contribution in [3.63, 3.8) is 0 Å². The van der Waals surface area contributed by atoms with E-state index in [1.165, 1.54) is 30.9 Å². The van der Waals surface area contributed by atoms with Crippen molar-refractivity contribution in [1.82, 2.24) is 25.2 Å². The second kappa shape index (κ2) is 13.2. The molecule has 0 spiro atoms. The molecule has 0 aliphatic rings. The van der Waals surface area contributed by atoms with Crippen molar-refractivity contribution in [2.45, 2.75) is 45.7 Å². The summed E-state index contributed by atoms with van der Waals surface area (Å²) >= 11 is 0. The van der Waals surface area contributed by atoms with Crippen LogP contribution >= 0.6 is 0 Å². The zero-order chi connectivity index (χ0) is 27.7. The zero-order valence-corrected chi connectivity index (χ0v) is 22.0. The number of aromatic nitrogens is 3. The first-order chi connectivity index (χ1) is 18.2. The number of alkyl carbamates (subject to hydrolysis) is 1. The molecule has 3 rings (SSSR count). The van der Waals surface area contributed by atoms with E-state index in [2.05, 4.69) is 45.6 Å². The fourth-order valence-corrected chi connectivity index (χ4v) is 3.97. The van der Waals surface area contributed by atoms with Crippen LogP contribution < -0.4 is 21.5 Å². The average Bonchev–Trinajstić information content (AvgIpc) is 3.31. The lowest BCUT2D eigenvalue weighted by atomic mass is 10.0. The van der Waals surface area contributed by atoms with Crippen LogP contribution in [0, 0.1) is 5.92 Å². The van der Waals surface area contributed by atoms with Gasteiger partial charge < -0.3 is 30.2 Å². The molecule has 202 valence electrons. The number of benzene rings is 1. The molecule has 2 aromatic heterocycles. The summed E-state index contributed by atoms with van der Waals surface area (Å²) in [6.07, 6.45) is 5.18. The van der Waals surface area contributed by atoms with Gasteiger partial charge in [-0.25, -0.2) is 9.78 Å². The van der Waals surface area contributed by atoms with Crippen LogP contribution in [0.4, 0.5) is 10.5 Å². The van der Waals surface area contributed by atoms with Crippen molar-refractivity contribution in [3.8, 4) is 0 Å². The van der Waals surface area contributed by atoms with Crippen molar-refractivity contribution in [2.75, 3.05) is 19.5 Å². The van der Waals surface area contributed by atoms with Crippen molar-refractivity contribution < 1.29 is 19.1 Å². The molecule has 1 unspecified atom stereocenters. The van der Waals surface area contributed by atoms with Gasteiger partial charge in [-0.2, -0.15) is 0 Å². The summed E-state index contributed by atoms with van der Waals surface area (Å²) < 4.78 is 6.07. The largest absolute Gasteiger partial charge is 0.453 e. The summed E-state index contributed by atoms with van der Waals surface area (Å²) in [5, 5.41) is 7.53. The first-order valence-electron chi connectivity index (χ1n) is 12.4. The maximum absolute atomic E-state index is 13.1. The molecule has 3 aromatic rings. The second-order valence-corrected chi connectivity index (χ2v) is 9.22. The molecule has 38 heavy (non-hydrogen) atoms. The van der Waals surface area contributed by atoms with Gasteiger partial charge in [0.2, 0.25) is 11.8 Å². The monoisotopic (exact) mass is 522 g/mol. The third-order valence-electron chi connectivity index (χ3n) is 5.80. The number of carbonyl (C=O) groups is 3. The Hall–Kier alpha value is -4.41. The molecule has 0 aliphatic carbocycles. The van der Waals surface area contributed by atoms with Gasteiger partial charge in [0.25, 0.3) is 5.56 Å². The van der Waals surface area contributed by atoms with Gasteiger partial charge in [0.1, 0.15) is 17.6 Å². The van der Waals surface area contributed by atoms with E-state index in [0.717, 1.165) is 23.0 Å². The maximum atomic E-state index is 13.1. The fourth-order valence-electron chi connectivity index (χ4n) is 3.97. The second-order valence-electron chi connectivity index (χ2n) is 9.22. The minimum Gasteiger partial charge on any atom is -0.453 e. The van der Waals surface area contributed by atoms with E-state index in [9.17, 15) is 19.2 Å². The van der Waals surface area contributed by atoms with Gasteiger partial charge in [-0.05, 0) is 55.0 Å². The highest BCUT2D eigenvalue weighted by atomic mass is 16.5. The molecule has 3 amide bonds. The van der Waals surface area contributed by atoms with Gasteiger partial charge >= 0.3 is 6.09 Å². The number of para-hydroxylation sites is 1. The average molecular weight is 523 g/mol. The molecule has 11 nitrogen and oxygen atoms in total. The molecule has 11 heteroatoms. The zero-order valence-electron chi connectivity index (χ0n) is 22.0. The van der Waals surface area contributed by atoms with E-state index in [0.29, 0.717) is 18.2 Å². The van der Waals surface area contributed by atoms with E-state index in [-0.39, 0.29) is 24.6 Å². The molecular formula is C27H34N6O5. The number of methoxy groups -OCH3 is 1. The third-order valence-corrected chi connectivity index (χ3v) is 5.80. The Balaban J connectivity index is 1.76. The highest BCUT2D eigenvalue weighted by Gasteiger charge is 2.22. The summed E-state index contributed by atoms with van der Waals surface area (Å²) in [5.74, 6) is 0.237. The van der Waals surface area contributed by atoms with Crippen LogP contribution in [-0.2, 0) is 27.3 Å². The normalized spacial score (nSPS) is 12.0. The highest BCUT2D eigenvalue weighted by Crippen LogP contribution is 2.20. The number of allylic oxidation sites excluding steroid dienone is 1. The summed E-state index contributed by atoms with van der Waals surface area (Å²) in [4.78, 5) is 57.2. The van der Waals surface area contributed by atoms with Crippen LogP contribution in [0.3, 0.4) is 0 Å². The van der Waals surface area contributed by atoms with Crippen LogP contribution in [0.5, 0.6) is 0 Å². The number of hydrogen-bond donors (Lipinski definition) is 4.